The largest absolute Gasteiger partial charge is 0.507 e. The Hall–Kier alpha value is -2.53. The van der Waals surface area contributed by atoms with Crippen molar-refractivity contribution in [2.24, 2.45) is 5.10 Å². The van der Waals surface area contributed by atoms with Crippen molar-refractivity contribution in [2.75, 3.05) is 5.32 Å². The summed E-state index contributed by atoms with van der Waals surface area (Å²) in [5.74, 6) is -0.143. The summed E-state index contributed by atoms with van der Waals surface area (Å²) in [4.78, 5) is 12.3. The lowest BCUT2D eigenvalue weighted by Gasteiger charge is -2.18. The van der Waals surface area contributed by atoms with Crippen molar-refractivity contribution >= 4 is 29.4 Å². The van der Waals surface area contributed by atoms with Gasteiger partial charge in [-0.2, -0.15) is 5.10 Å². The number of rotatable bonds is 6. The molecule has 1 atom stereocenters. The van der Waals surface area contributed by atoms with E-state index >= 15 is 0 Å². The molecule has 0 bridgehead atoms. The number of carbonyl (C=O) groups is 1. The predicted octanol–water partition coefficient (Wildman–Crippen LogP) is 3.69. The third-order valence-electron chi connectivity index (χ3n) is 3.56. The van der Waals surface area contributed by atoms with E-state index in [9.17, 15) is 9.90 Å². The molecule has 0 spiro atoms. The van der Waals surface area contributed by atoms with E-state index in [1.165, 1.54) is 6.21 Å². The summed E-state index contributed by atoms with van der Waals surface area (Å²) in [6.45, 7) is 3.84. The second-order valence-corrected chi connectivity index (χ2v) is 5.79. The van der Waals surface area contributed by atoms with E-state index in [-0.39, 0.29) is 11.7 Å². The topological polar surface area (TPSA) is 73.7 Å². The molecule has 0 aliphatic rings. The highest BCUT2D eigenvalue weighted by Gasteiger charge is 2.16. The molecular formula is C18H20ClN3O2. The number of aryl methyl sites for hydroxylation is 1. The smallest absolute Gasteiger partial charge is 0.262 e. The van der Waals surface area contributed by atoms with Crippen LogP contribution in [0.1, 0.15) is 24.5 Å². The monoisotopic (exact) mass is 345 g/mol. The molecule has 0 fully saturated rings. The first-order valence-electron chi connectivity index (χ1n) is 7.65. The molecule has 0 saturated heterocycles. The number of anilines is 1. The van der Waals surface area contributed by atoms with Crippen LogP contribution in [-0.4, -0.2) is 23.3 Å². The first-order chi connectivity index (χ1) is 11.5. The second-order valence-electron chi connectivity index (χ2n) is 5.36. The summed E-state index contributed by atoms with van der Waals surface area (Å²) in [5, 5.41) is 17.4. The van der Waals surface area contributed by atoms with Crippen LogP contribution in [0.4, 0.5) is 5.69 Å². The number of nitrogens with one attached hydrogen (secondary N) is 2. The van der Waals surface area contributed by atoms with E-state index in [1.54, 1.807) is 30.3 Å². The molecule has 5 nitrogen and oxygen atoms in total. The van der Waals surface area contributed by atoms with E-state index in [2.05, 4.69) is 15.8 Å². The molecular weight excluding hydrogens is 326 g/mol. The fourth-order valence-electron chi connectivity index (χ4n) is 2.17. The number of para-hydroxylation sites is 1. The number of nitrogens with zero attached hydrogens (tertiary/aromatic N) is 1. The lowest BCUT2D eigenvalue weighted by atomic mass is 10.1. The molecule has 0 aliphatic heterocycles. The van der Waals surface area contributed by atoms with E-state index in [0.29, 0.717) is 17.0 Å². The van der Waals surface area contributed by atoms with Gasteiger partial charge in [-0.3, -0.25) is 4.79 Å². The number of phenols is 1. The Bertz CT molecular complexity index is 747. The zero-order valence-corrected chi connectivity index (χ0v) is 14.3. The van der Waals surface area contributed by atoms with Crippen LogP contribution < -0.4 is 10.7 Å². The van der Waals surface area contributed by atoms with Crippen LogP contribution in [0.25, 0.3) is 0 Å². The first kappa shape index (κ1) is 17.8. The molecule has 24 heavy (non-hydrogen) atoms. The Morgan fingerprint density at radius 3 is 2.75 bits per heavy atom. The zero-order valence-electron chi connectivity index (χ0n) is 13.6. The lowest BCUT2D eigenvalue weighted by Crippen LogP contribution is -2.37. The Balaban J connectivity index is 2.00. The average Bonchev–Trinajstić information content (AvgIpc) is 2.56. The van der Waals surface area contributed by atoms with Gasteiger partial charge in [0.1, 0.15) is 11.8 Å². The van der Waals surface area contributed by atoms with Gasteiger partial charge < -0.3 is 10.4 Å². The standard InChI is InChI=1S/C18H20ClN3O2/c1-3-15(21-16-9-8-14(19)10-12(16)2)18(24)22-20-11-13-6-4-5-7-17(13)23/h4-11,15,21,23H,3H2,1-2H3,(H,22,24)/b20-11+. The van der Waals surface area contributed by atoms with Crippen LogP contribution in [0.2, 0.25) is 5.02 Å². The Labute approximate surface area is 146 Å². The van der Waals surface area contributed by atoms with Crippen LogP contribution in [0.3, 0.4) is 0 Å². The highest BCUT2D eigenvalue weighted by atomic mass is 35.5. The molecule has 2 aromatic carbocycles. The van der Waals surface area contributed by atoms with Crippen molar-refractivity contribution in [2.45, 2.75) is 26.3 Å². The summed E-state index contributed by atoms with van der Waals surface area (Å²) >= 11 is 5.94. The molecule has 2 rings (SSSR count). The molecule has 1 amide bonds. The summed E-state index contributed by atoms with van der Waals surface area (Å²) in [7, 11) is 0. The SMILES string of the molecule is CCC(Nc1ccc(Cl)cc1C)C(=O)N/N=C/c1ccccc1O. The normalized spacial score (nSPS) is 12.1. The average molecular weight is 346 g/mol. The number of amides is 1. The van der Waals surface area contributed by atoms with Crippen molar-refractivity contribution < 1.29 is 9.90 Å². The minimum atomic E-state index is -0.425. The van der Waals surface area contributed by atoms with Gasteiger partial charge in [0.05, 0.1) is 6.21 Å². The molecule has 2 aromatic rings. The summed E-state index contributed by atoms with van der Waals surface area (Å²) in [6.07, 6.45) is 2.01. The van der Waals surface area contributed by atoms with E-state index in [1.807, 2.05) is 26.0 Å². The molecule has 1 unspecified atom stereocenters. The Morgan fingerprint density at radius 1 is 1.33 bits per heavy atom. The van der Waals surface area contributed by atoms with Gasteiger partial charge >= 0.3 is 0 Å². The third-order valence-corrected chi connectivity index (χ3v) is 3.79. The predicted molar refractivity (Wildman–Crippen MR) is 97.7 cm³/mol. The Morgan fingerprint density at radius 2 is 2.08 bits per heavy atom. The lowest BCUT2D eigenvalue weighted by molar-refractivity contribution is -0.121. The zero-order chi connectivity index (χ0) is 17.5. The Kier molecular flexibility index (Phi) is 6.21. The highest BCUT2D eigenvalue weighted by molar-refractivity contribution is 6.30. The van der Waals surface area contributed by atoms with Crippen LogP contribution in [-0.2, 0) is 4.79 Å². The maximum atomic E-state index is 12.3. The molecule has 0 aromatic heterocycles. The molecule has 6 heteroatoms. The number of phenolic OH excluding ortho intramolecular Hbond substituents is 1. The molecule has 0 saturated carbocycles. The first-order valence-corrected chi connectivity index (χ1v) is 8.02. The van der Waals surface area contributed by atoms with Crippen molar-refractivity contribution in [1.82, 2.24) is 5.43 Å². The van der Waals surface area contributed by atoms with E-state index in [0.717, 1.165) is 11.3 Å². The molecule has 0 radical (unpaired) electrons. The van der Waals surface area contributed by atoms with Gasteiger partial charge in [0.25, 0.3) is 5.91 Å². The minimum absolute atomic E-state index is 0.109. The van der Waals surface area contributed by atoms with Gasteiger partial charge in [-0.1, -0.05) is 30.7 Å². The van der Waals surface area contributed by atoms with Crippen LogP contribution >= 0.6 is 11.6 Å². The second kappa shape index (κ2) is 8.36. The fourth-order valence-corrected chi connectivity index (χ4v) is 2.40. The molecule has 126 valence electrons. The number of hydrogen-bond donors (Lipinski definition) is 3. The van der Waals surface area contributed by atoms with Crippen molar-refractivity contribution in [3.63, 3.8) is 0 Å². The van der Waals surface area contributed by atoms with Gasteiger partial charge in [0, 0.05) is 16.3 Å². The van der Waals surface area contributed by atoms with Gasteiger partial charge in [-0.25, -0.2) is 5.43 Å². The quantitative estimate of drug-likeness (QED) is 0.552. The number of aromatic hydroxyl groups is 1. The van der Waals surface area contributed by atoms with Crippen molar-refractivity contribution in [1.29, 1.82) is 0 Å². The van der Waals surface area contributed by atoms with Crippen molar-refractivity contribution in [3.05, 3.63) is 58.6 Å². The number of halogens is 1. The number of hydrazone groups is 1. The van der Waals surface area contributed by atoms with E-state index in [4.69, 9.17) is 11.6 Å². The number of hydrogen-bond acceptors (Lipinski definition) is 4. The number of carbonyl (C=O) groups excluding carboxylic acids is 1. The molecule has 3 N–H and O–H groups in total. The van der Waals surface area contributed by atoms with Gasteiger partial charge in [0.2, 0.25) is 0 Å². The minimum Gasteiger partial charge on any atom is -0.507 e. The summed E-state index contributed by atoms with van der Waals surface area (Å²) < 4.78 is 0. The van der Waals surface area contributed by atoms with Crippen LogP contribution in [0.5, 0.6) is 5.75 Å². The van der Waals surface area contributed by atoms with Gasteiger partial charge in [0.15, 0.2) is 0 Å². The molecule has 0 aliphatic carbocycles. The summed E-state index contributed by atoms with van der Waals surface area (Å²) in [6, 6.07) is 11.8. The molecule has 0 heterocycles. The van der Waals surface area contributed by atoms with E-state index < -0.39 is 6.04 Å². The van der Waals surface area contributed by atoms with Gasteiger partial charge in [-0.15, -0.1) is 0 Å². The van der Waals surface area contributed by atoms with Crippen molar-refractivity contribution in [3.8, 4) is 5.75 Å². The highest BCUT2D eigenvalue weighted by Crippen LogP contribution is 2.20. The summed E-state index contributed by atoms with van der Waals surface area (Å²) in [5.41, 5.74) is 4.84. The maximum absolute atomic E-state index is 12.3. The number of benzene rings is 2. The third kappa shape index (κ3) is 4.73. The van der Waals surface area contributed by atoms with Gasteiger partial charge in [-0.05, 0) is 49.2 Å². The van der Waals surface area contributed by atoms with Crippen LogP contribution in [0.15, 0.2) is 47.6 Å². The maximum Gasteiger partial charge on any atom is 0.262 e. The van der Waals surface area contributed by atoms with Crippen LogP contribution in [0, 0.1) is 6.92 Å². The fraction of sp³-hybridized carbons (Fsp3) is 0.222.